The molecule has 0 radical (unpaired) electrons. The van der Waals surface area contributed by atoms with E-state index in [-0.39, 0.29) is 17.8 Å². The van der Waals surface area contributed by atoms with Crippen LogP contribution in [0.25, 0.3) is 0 Å². The molecular formula is C19H25BrN2O7. The summed E-state index contributed by atoms with van der Waals surface area (Å²) < 4.78 is 6.05. The minimum Gasteiger partial charge on any atom is -0.473 e. The lowest BCUT2D eigenvalue weighted by molar-refractivity contribution is -0.159. The third kappa shape index (κ3) is 10.0. The van der Waals surface area contributed by atoms with Crippen LogP contribution in [0.15, 0.2) is 28.7 Å². The Balaban J connectivity index is 0.000000612. The lowest BCUT2D eigenvalue weighted by Crippen LogP contribution is -2.38. The maximum atomic E-state index is 12.0. The molecule has 10 heteroatoms. The van der Waals surface area contributed by atoms with Gasteiger partial charge in [-0.15, -0.1) is 0 Å². The summed E-state index contributed by atoms with van der Waals surface area (Å²) in [7, 11) is 0. The third-order valence-electron chi connectivity index (χ3n) is 4.17. The van der Waals surface area contributed by atoms with Gasteiger partial charge < -0.3 is 25.2 Å². The molecule has 0 aliphatic carbocycles. The zero-order chi connectivity index (χ0) is 21.8. The number of carboxylic acid groups (broad SMARTS) is 2. The van der Waals surface area contributed by atoms with Crippen molar-refractivity contribution in [1.82, 2.24) is 4.90 Å². The Hall–Kier alpha value is -2.46. The van der Waals surface area contributed by atoms with E-state index in [0.29, 0.717) is 13.0 Å². The number of amides is 1. The van der Waals surface area contributed by atoms with E-state index in [4.69, 9.17) is 24.5 Å². The number of anilines is 1. The number of aliphatic carboxylic acids is 2. The summed E-state index contributed by atoms with van der Waals surface area (Å²) >= 11 is 3.37. The molecule has 1 aliphatic rings. The van der Waals surface area contributed by atoms with Crippen molar-refractivity contribution >= 4 is 45.4 Å². The Bertz CT molecular complexity index is 689. The molecule has 0 unspecified atom stereocenters. The number of likely N-dealkylation sites (tertiary alicyclic amines) is 1. The molecule has 0 aromatic heterocycles. The van der Waals surface area contributed by atoms with Crippen molar-refractivity contribution in [2.45, 2.75) is 26.2 Å². The van der Waals surface area contributed by atoms with E-state index in [1.807, 2.05) is 31.2 Å². The van der Waals surface area contributed by atoms with Gasteiger partial charge in [-0.05, 0) is 57.1 Å². The number of carboxylic acids is 2. The van der Waals surface area contributed by atoms with Gasteiger partial charge >= 0.3 is 17.9 Å². The average molecular weight is 473 g/mol. The van der Waals surface area contributed by atoms with Crippen molar-refractivity contribution in [2.75, 3.05) is 31.6 Å². The van der Waals surface area contributed by atoms with Crippen LogP contribution in [0.3, 0.4) is 0 Å². The summed E-state index contributed by atoms with van der Waals surface area (Å²) in [5.74, 6) is -3.70. The van der Waals surface area contributed by atoms with Gasteiger partial charge in [-0.1, -0.05) is 15.9 Å². The second-order valence-electron chi connectivity index (χ2n) is 6.28. The first-order chi connectivity index (χ1) is 13.7. The topological polar surface area (TPSA) is 133 Å². The number of ether oxygens (including phenoxy) is 1. The summed E-state index contributed by atoms with van der Waals surface area (Å²) in [6, 6.07) is 7.53. The Labute approximate surface area is 177 Å². The zero-order valence-electron chi connectivity index (χ0n) is 16.1. The second kappa shape index (κ2) is 12.9. The molecule has 1 saturated heterocycles. The van der Waals surface area contributed by atoms with Crippen LogP contribution in [0, 0.1) is 5.92 Å². The van der Waals surface area contributed by atoms with Crippen molar-refractivity contribution < 1.29 is 34.1 Å². The first kappa shape index (κ1) is 24.6. The number of hydrogen-bond acceptors (Lipinski definition) is 6. The van der Waals surface area contributed by atoms with Crippen molar-refractivity contribution in [1.29, 1.82) is 0 Å². The van der Waals surface area contributed by atoms with Gasteiger partial charge in [-0.2, -0.15) is 0 Å². The molecule has 0 spiro atoms. The second-order valence-corrected chi connectivity index (χ2v) is 7.20. The molecule has 0 bridgehead atoms. The van der Waals surface area contributed by atoms with Crippen molar-refractivity contribution in [3.05, 3.63) is 28.7 Å². The molecule has 0 atom stereocenters. The fourth-order valence-corrected chi connectivity index (χ4v) is 2.93. The van der Waals surface area contributed by atoms with Gasteiger partial charge in [-0.3, -0.25) is 9.59 Å². The number of nitrogens with one attached hydrogen (secondary N) is 1. The molecule has 1 amide bonds. The standard InChI is InChI=1S/C17H23BrN2O3.C2H2O4/c1-2-23-17(22)13-7-10-20(11-8-13)12-9-16(21)19-15-5-3-14(18)4-6-15;3-1(4)2(5)6/h3-6,13H,2,7-12H2,1H3,(H,19,21);(H,3,4)(H,5,6). The molecule has 1 heterocycles. The predicted molar refractivity (Wildman–Crippen MR) is 108 cm³/mol. The number of rotatable bonds is 6. The van der Waals surface area contributed by atoms with Gasteiger partial charge in [0, 0.05) is 23.1 Å². The smallest absolute Gasteiger partial charge is 0.414 e. The lowest BCUT2D eigenvalue weighted by Gasteiger charge is -2.30. The Morgan fingerprint density at radius 3 is 2.14 bits per heavy atom. The van der Waals surface area contributed by atoms with E-state index in [0.717, 1.165) is 42.6 Å². The van der Waals surface area contributed by atoms with Crippen LogP contribution in [-0.2, 0) is 23.9 Å². The van der Waals surface area contributed by atoms with E-state index in [9.17, 15) is 9.59 Å². The number of nitrogens with zero attached hydrogens (tertiary/aromatic N) is 1. The van der Waals surface area contributed by atoms with Gasteiger partial charge in [-0.25, -0.2) is 9.59 Å². The Morgan fingerprint density at radius 2 is 1.66 bits per heavy atom. The molecule has 29 heavy (non-hydrogen) atoms. The molecule has 1 aromatic carbocycles. The van der Waals surface area contributed by atoms with Gasteiger partial charge in [0.1, 0.15) is 0 Å². The molecule has 1 aliphatic heterocycles. The van der Waals surface area contributed by atoms with Crippen LogP contribution >= 0.6 is 15.9 Å². The fourth-order valence-electron chi connectivity index (χ4n) is 2.67. The van der Waals surface area contributed by atoms with Crippen LogP contribution in [0.4, 0.5) is 5.69 Å². The number of carbonyl (C=O) groups is 4. The highest BCUT2D eigenvalue weighted by Crippen LogP contribution is 2.19. The maximum Gasteiger partial charge on any atom is 0.414 e. The molecule has 1 aromatic rings. The minimum absolute atomic E-state index is 0.0137. The minimum atomic E-state index is -1.82. The Morgan fingerprint density at radius 1 is 1.10 bits per heavy atom. The highest BCUT2D eigenvalue weighted by atomic mass is 79.9. The van der Waals surface area contributed by atoms with Crippen LogP contribution in [-0.4, -0.2) is 65.2 Å². The van der Waals surface area contributed by atoms with Crippen LogP contribution in [0.5, 0.6) is 0 Å². The first-order valence-corrected chi connectivity index (χ1v) is 9.92. The molecule has 160 valence electrons. The number of hydrogen-bond donors (Lipinski definition) is 3. The normalized spacial score (nSPS) is 14.3. The van der Waals surface area contributed by atoms with Crippen molar-refractivity contribution in [2.24, 2.45) is 5.92 Å². The molecule has 2 rings (SSSR count). The summed E-state index contributed by atoms with van der Waals surface area (Å²) in [4.78, 5) is 44.1. The van der Waals surface area contributed by atoms with Gasteiger partial charge in [0.15, 0.2) is 0 Å². The quantitative estimate of drug-likeness (QED) is 0.423. The summed E-state index contributed by atoms with van der Waals surface area (Å²) in [5.41, 5.74) is 0.805. The van der Waals surface area contributed by atoms with E-state index < -0.39 is 11.9 Å². The highest BCUT2D eigenvalue weighted by Gasteiger charge is 2.25. The average Bonchev–Trinajstić information content (AvgIpc) is 2.69. The van der Waals surface area contributed by atoms with E-state index in [2.05, 4.69) is 26.1 Å². The molecule has 0 saturated carbocycles. The summed E-state index contributed by atoms with van der Waals surface area (Å²) in [6.45, 7) is 4.67. The Kier molecular flexibility index (Phi) is 10.9. The third-order valence-corrected chi connectivity index (χ3v) is 4.70. The largest absolute Gasteiger partial charge is 0.473 e. The molecule has 9 nitrogen and oxygen atoms in total. The SMILES string of the molecule is CCOC(=O)C1CCN(CCC(=O)Nc2ccc(Br)cc2)CC1.O=C(O)C(=O)O. The van der Waals surface area contributed by atoms with E-state index in [1.54, 1.807) is 0 Å². The fraction of sp³-hybridized carbons (Fsp3) is 0.474. The van der Waals surface area contributed by atoms with Gasteiger partial charge in [0.05, 0.1) is 12.5 Å². The van der Waals surface area contributed by atoms with E-state index in [1.165, 1.54) is 0 Å². The van der Waals surface area contributed by atoms with Crippen LogP contribution in [0.2, 0.25) is 0 Å². The number of piperidine rings is 1. The number of benzene rings is 1. The predicted octanol–water partition coefficient (Wildman–Crippen LogP) is 2.21. The molecule has 3 N–H and O–H groups in total. The molecule has 1 fully saturated rings. The summed E-state index contributed by atoms with van der Waals surface area (Å²) in [5, 5.41) is 17.7. The first-order valence-electron chi connectivity index (χ1n) is 9.13. The lowest BCUT2D eigenvalue weighted by atomic mass is 9.97. The number of halogens is 1. The van der Waals surface area contributed by atoms with Gasteiger partial charge in [0.2, 0.25) is 5.91 Å². The number of esters is 1. The van der Waals surface area contributed by atoms with Crippen LogP contribution < -0.4 is 5.32 Å². The highest BCUT2D eigenvalue weighted by molar-refractivity contribution is 9.10. The number of carbonyl (C=O) groups excluding carboxylic acids is 2. The van der Waals surface area contributed by atoms with Crippen molar-refractivity contribution in [3.8, 4) is 0 Å². The monoisotopic (exact) mass is 472 g/mol. The van der Waals surface area contributed by atoms with E-state index >= 15 is 0 Å². The van der Waals surface area contributed by atoms with Crippen LogP contribution in [0.1, 0.15) is 26.2 Å². The van der Waals surface area contributed by atoms with Crippen molar-refractivity contribution in [3.63, 3.8) is 0 Å². The summed E-state index contributed by atoms with van der Waals surface area (Å²) in [6.07, 6.45) is 2.08. The molecular weight excluding hydrogens is 448 g/mol. The van der Waals surface area contributed by atoms with Gasteiger partial charge in [0.25, 0.3) is 0 Å². The maximum absolute atomic E-state index is 12.0. The zero-order valence-corrected chi connectivity index (χ0v) is 17.7.